The van der Waals surface area contributed by atoms with Crippen molar-refractivity contribution in [3.63, 3.8) is 0 Å². The third-order valence-corrected chi connectivity index (χ3v) is 3.70. The van der Waals surface area contributed by atoms with E-state index in [0.29, 0.717) is 8.17 Å². The van der Waals surface area contributed by atoms with Crippen molar-refractivity contribution < 1.29 is 8.78 Å². The molecule has 0 aromatic carbocycles. The minimum absolute atomic E-state index is 0.0256. The number of hydrogen-bond donors (Lipinski definition) is 1. The van der Waals surface area contributed by atoms with Crippen LogP contribution in [0.1, 0.15) is 12.0 Å². The Morgan fingerprint density at radius 1 is 1.58 bits per heavy atom. The van der Waals surface area contributed by atoms with Gasteiger partial charge in [0.25, 0.3) is 6.43 Å². The molecule has 0 amide bonds. The SMILES string of the molecule is Nc1cnc(Br)c(I)c1C(F)F. The van der Waals surface area contributed by atoms with E-state index in [0.717, 1.165) is 0 Å². The van der Waals surface area contributed by atoms with Crippen molar-refractivity contribution in [2.45, 2.75) is 6.43 Å². The first-order valence-corrected chi connectivity index (χ1v) is 4.78. The summed E-state index contributed by atoms with van der Waals surface area (Å²) in [5, 5.41) is 0. The van der Waals surface area contributed by atoms with Gasteiger partial charge in [-0.05, 0) is 38.5 Å². The van der Waals surface area contributed by atoms with Crippen LogP contribution in [0, 0.1) is 3.57 Å². The van der Waals surface area contributed by atoms with Gasteiger partial charge in [0.2, 0.25) is 0 Å². The highest BCUT2D eigenvalue weighted by atomic mass is 127. The lowest BCUT2D eigenvalue weighted by Crippen LogP contribution is -2.00. The molecule has 0 aliphatic rings. The Kier molecular flexibility index (Phi) is 3.22. The van der Waals surface area contributed by atoms with Crippen molar-refractivity contribution in [2.75, 3.05) is 5.73 Å². The molecule has 0 saturated carbocycles. The topological polar surface area (TPSA) is 38.9 Å². The summed E-state index contributed by atoms with van der Waals surface area (Å²) >= 11 is 4.82. The summed E-state index contributed by atoms with van der Waals surface area (Å²) in [6.45, 7) is 0. The van der Waals surface area contributed by atoms with Crippen molar-refractivity contribution in [1.82, 2.24) is 4.98 Å². The van der Waals surface area contributed by atoms with Crippen LogP contribution in [0.25, 0.3) is 0 Å². The first kappa shape index (κ1) is 10.1. The maximum absolute atomic E-state index is 12.3. The average molecular weight is 349 g/mol. The van der Waals surface area contributed by atoms with Crippen LogP contribution in [0.2, 0.25) is 0 Å². The van der Waals surface area contributed by atoms with Crippen LogP contribution >= 0.6 is 38.5 Å². The lowest BCUT2D eigenvalue weighted by Gasteiger charge is -2.07. The summed E-state index contributed by atoms with van der Waals surface area (Å²) in [5.41, 5.74) is 5.19. The van der Waals surface area contributed by atoms with E-state index in [1.165, 1.54) is 6.20 Å². The van der Waals surface area contributed by atoms with Crippen molar-refractivity contribution in [1.29, 1.82) is 0 Å². The standard InChI is InChI=1S/C6H4BrF2IN2/c7-5-4(10)3(6(8)9)2(11)1-12-5/h1,6H,11H2. The van der Waals surface area contributed by atoms with Gasteiger partial charge < -0.3 is 5.73 Å². The molecule has 0 atom stereocenters. The van der Waals surface area contributed by atoms with E-state index < -0.39 is 6.43 Å². The van der Waals surface area contributed by atoms with Crippen molar-refractivity contribution >= 4 is 44.2 Å². The quantitative estimate of drug-likeness (QED) is 0.626. The van der Waals surface area contributed by atoms with E-state index >= 15 is 0 Å². The van der Waals surface area contributed by atoms with E-state index in [-0.39, 0.29) is 11.3 Å². The number of halogens is 4. The van der Waals surface area contributed by atoms with E-state index in [2.05, 4.69) is 20.9 Å². The Bertz CT molecular complexity index is 306. The van der Waals surface area contributed by atoms with Crippen LogP contribution in [-0.2, 0) is 0 Å². The molecule has 1 heterocycles. The molecule has 0 saturated heterocycles. The number of aromatic nitrogens is 1. The minimum Gasteiger partial charge on any atom is -0.397 e. The highest BCUT2D eigenvalue weighted by Gasteiger charge is 2.17. The fourth-order valence-corrected chi connectivity index (χ4v) is 1.71. The van der Waals surface area contributed by atoms with Gasteiger partial charge in [-0.25, -0.2) is 13.8 Å². The zero-order valence-corrected chi connectivity index (χ0v) is 9.43. The molecule has 6 heteroatoms. The second kappa shape index (κ2) is 3.82. The molecular weight excluding hydrogens is 345 g/mol. The number of anilines is 1. The Morgan fingerprint density at radius 2 is 2.17 bits per heavy atom. The molecule has 66 valence electrons. The molecule has 0 fully saturated rings. The second-order valence-electron chi connectivity index (χ2n) is 2.03. The fourth-order valence-electron chi connectivity index (χ4n) is 0.712. The van der Waals surface area contributed by atoms with Crippen molar-refractivity contribution in [3.8, 4) is 0 Å². The van der Waals surface area contributed by atoms with Gasteiger partial charge in [0.15, 0.2) is 0 Å². The number of alkyl halides is 2. The van der Waals surface area contributed by atoms with Gasteiger partial charge in [0, 0.05) is 0 Å². The summed E-state index contributed by atoms with van der Waals surface area (Å²) in [7, 11) is 0. The van der Waals surface area contributed by atoms with E-state index in [1.54, 1.807) is 22.6 Å². The predicted octanol–water partition coefficient (Wildman–Crippen LogP) is 2.97. The molecular formula is C6H4BrF2IN2. The Balaban J connectivity index is 3.33. The van der Waals surface area contributed by atoms with Crippen LogP contribution in [-0.4, -0.2) is 4.98 Å². The molecule has 0 bridgehead atoms. The Hall–Kier alpha value is 0.0200. The Morgan fingerprint density at radius 3 is 2.58 bits per heavy atom. The summed E-state index contributed by atoms with van der Waals surface area (Å²) in [6.07, 6.45) is -1.34. The lowest BCUT2D eigenvalue weighted by atomic mass is 10.2. The predicted molar refractivity (Wildman–Crippen MR) is 54.0 cm³/mol. The smallest absolute Gasteiger partial charge is 0.267 e. The monoisotopic (exact) mass is 348 g/mol. The lowest BCUT2D eigenvalue weighted by molar-refractivity contribution is 0.151. The summed E-state index contributed by atoms with van der Waals surface area (Å²) in [5.74, 6) is 0. The third kappa shape index (κ3) is 1.85. The van der Waals surface area contributed by atoms with Gasteiger partial charge in [0.1, 0.15) is 4.60 Å². The van der Waals surface area contributed by atoms with Crippen LogP contribution in [0.3, 0.4) is 0 Å². The summed E-state index contributed by atoms with van der Waals surface area (Å²) in [4.78, 5) is 3.77. The van der Waals surface area contributed by atoms with E-state index in [9.17, 15) is 8.78 Å². The number of nitrogens with zero attached hydrogens (tertiary/aromatic N) is 1. The first-order valence-electron chi connectivity index (χ1n) is 2.91. The van der Waals surface area contributed by atoms with Crippen LogP contribution < -0.4 is 5.73 Å². The molecule has 1 aromatic heterocycles. The zero-order valence-electron chi connectivity index (χ0n) is 5.69. The first-order chi connectivity index (χ1) is 5.54. The number of nitrogens with two attached hydrogens (primary N) is 1. The molecule has 0 aliphatic heterocycles. The number of hydrogen-bond acceptors (Lipinski definition) is 2. The molecule has 1 aromatic rings. The molecule has 0 spiro atoms. The maximum atomic E-state index is 12.3. The van der Waals surface area contributed by atoms with Crippen molar-refractivity contribution in [3.05, 3.63) is 19.9 Å². The third-order valence-electron chi connectivity index (χ3n) is 1.26. The molecule has 2 N–H and O–H groups in total. The minimum atomic E-state index is -2.56. The highest BCUT2D eigenvalue weighted by molar-refractivity contribution is 14.1. The van der Waals surface area contributed by atoms with Gasteiger partial charge in [0.05, 0.1) is 21.0 Å². The number of rotatable bonds is 1. The van der Waals surface area contributed by atoms with Gasteiger partial charge in [-0.2, -0.15) is 0 Å². The summed E-state index contributed by atoms with van der Waals surface area (Å²) in [6, 6.07) is 0. The van der Waals surface area contributed by atoms with Crippen LogP contribution in [0.15, 0.2) is 10.8 Å². The molecule has 1 rings (SSSR count). The van der Waals surface area contributed by atoms with Gasteiger partial charge in [-0.3, -0.25) is 0 Å². The molecule has 12 heavy (non-hydrogen) atoms. The average Bonchev–Trinajstić information content (AvgIpc) is 1.97. The normalized spacial score (nSPS) is 10.8. The highest BCUT2D eigenvalue weighted by Crippen LogP contribution is 2.32. The van der Waals surface area contributed by atoms with Gasteiger partial charge >= 0.3 is 0 Å². The van der Waals surface area contributed by atoms with E-state index in [4.69, 9.17) is 5.73 Å². The second-order valence-corrected chi connectivity index (χ2v) is 3.86. The van der Waals surface area contributed by atoms with Crippen molar-refractivity contribution in [2.24, 2.45) is 0 Å². The van der Waals surface area contributed by atoms with Gasteiger partial charge in [-0.15, -0.1) is 0 Å². The molecule has 2 nitrogen and oxygen atoms in total. The maximum Gasteiger partial charge on any atom is 0.267 e. The fraction of sp³-hybridized carbons (Fsp3) is 0.167. The number of pyridine rings is 1. The summed E-state index contributed by atoms with van der Waals surface area (Å²) < 4.78 is 25.4. The van der Waals surface area contributed by atoms with Crippen LogP contribution in [0.5, 0.6) is 0 Å². The zero-order chi connectivity index (χ0) is 9.30. The van der Waals surface area contributed by atoms with Crippen LogP contribution in [0.4, 0.5) is 14.5 Å². The molecule has 0 aliphatic carbocycles. The Labute approximate surface area is 89.8 Å². The van der Waals surface area contributed by atoms with Gasteiger partial charge in [-0.1, -0.05) is 0 Å². The molecule has 0 radical (unpaired) electrons. The number of nitrogen functional groups attached to an aromatic ring is 1. The largest absolute Gasteiger partial charge is 0.397 e. The van der Waals surface area contributed by atoms with E-state index in [1.807, 2.05) is 0 Å². The molecule has 0 unspecified atom stereocenters.